The second-order valence-electron chi connectivity index (χ2n) is 6.12. The van der Waals surface area contributed by atoms with Crippen molar-refractivity contribution in [3.8, 4) is 0 Å². The van der Waals surface area contributed by atoms with Crippen molar-refractivity contribution >= 4 is 11.8 Å². The first-order valence-corrected chi connectivity index (χ1v) is 8.66. The van der Waals surface area contributed by atoms with Gasteiger partial charge in [0.1, 0.15) is 6.04 Å². The minimum atomic E-state index is -0.941. The van der Waals surface area contributed by atoms with Crippen molar-refractivity contribution in [1.82, 2.24) is 15.5 Å². The van der Waals surface area contributed by atoms with Crippen LogP contribution in [0.5, 0.6) is 0 Å². The van der Waals surface area contributed by atoms with Crippen molar-refractivity contribution in [3.63, 3.8) is 0 Å². The van der Waals surface area contributed by atoms with E-state index in [-0.39, 0.29) is 11.8 Å². The largest absolute Gasteiger partial charge is 0.394 e. The number of ether oxygens (including phenoxy) is 1. The van der Waals surface area contributed by atoms with Crippen LogP contribution < -0.4 is 10.6 Å². The highest BCUT2D eigenvalue weighted by Gasteiger charge is 2.23. The number of aliphatic hydroxyl groups is 1. The summed E-state index contributed by atoms with van der Waals surface area (Å²) < 4.78 is 5.28. The predicted octanol–water partition coefficient (Wildman–Crippen LogP) is -0.284. The maximum atomic E-state index is 12.3. The molecular formula is C18H27N3O4. The molecule has 1 unspecified atom stereocenters. The summed E-state index contributed by atoms with van der Waals surface area (Å²) in [5.74, 6) is -1.05. The molecule has 2 amide bonds. The maximum Gasteiger partial charge on any atom is 0.245 e. The zero-order valence-corrected chi connectivity index (χ0v) is 14.6. The van der Waals surface area contributed by atoms with Gasteiger partial charge in [-0.1, -0.05) is 30.3 Å². The van der Waals surface area contributed by atoms with Crippen molar-refractivity contribution in [2.24, 2.45) is 0 Å². The number of morpholine rings is 1. The number of nitrogens with zero attached hydrogens (tertiary/aromatic N) is 1. The summed E-state index contributed by atoms with van der Waals surface area (Å²) >= 11 is 0. The molecule has 0 radical (unpaired) electrons. The van der Waals surface area contributed by atoms with Crippen LogP contribution >= 0.6 is 0 Å². The molecule has 1 saturated heterocycles. The molecule has 0 spiro atoms. The lowest BCUT2D eigenvalue weighted by atomic mass is 10.00. The summed E-state index contributed by atoms with van der Waals surface area (Å²) in [5, 5.41) is 14.8. The first-order chi connectivity index (χ1) is 12.1. The van der Waals surface area contributed by atoms with E-state index in [9.17, 15) is 14.7 Å². The molecule has 138 valence electrons. The van der Waals surface area contributed by atoms with E-state index in [4.69, 9.17) is 4.74 Å². The molecule has 1 aliphatic heterocycles. The Hall–Kier alpha value is -1.96. The van der Waals surface area contributed by atoms with Crippen LogP contribution in [-0.2, 0) is 14.3 Å². The fourth-order valence-electron chi connectivity index (χ4n) is 2.67. The van der Waals surface area contributed by atoms with Crippen LogP contribution in [0.4, 0.5) is 0 Å². The summed E-state index contributed by atoms with van der Waals surface area (Å²) in [6.07, 6.45) is 0. The molecule has 0 bridgehead atoms. The van der Waals surface area contributed by atoms with Crippen LogP contribution in [0, 0.1) is 0 Å². The van der Waals surface area contributed by atoms with Gasteiger partial charge in [0.05, 0.1) is 25.7 Å². The molecule has 7 heteroatoms. The highest BCUT2D eigenvalue weighted by Crippen LogP contribution is 2.14. The standard InChI is InChI=1S/C18H27N3O4/c1-14(15-5-3-2-4-6-15)17(23)20-16(13-22)18(24)19-7-8-21-9-11-25-12-10-21/h2-6,14,16,22H,7-13H2,1H3,(H,19,24)(H,20,23)/t14?,16-/m0/s1. The number of benzene rings is 1. The Bertz CT molecular complexity index is 547. The first kappa shape index (κ1) is 19.4. The number of hydrogen-bond donors (Lipinski definition) is 3. The fourth-order valence-corrected chi connectivity index (χ4v) is 2.67. The van der Waals surface area contributed by atoms with Gasteiger partial charge < -0.3 is 20.5 Å². The summed E-state index contributed by atoms with van der Waals surface area (Å²) in [7, 11) is 0. The predicted molar refractivity (Wildman–Crippen MR) is 94.1 cm³/mol. The second kappa shape index (κ2) is 10.1. The number of hydrogen-bond acceptors (Lipinski definition) is 5. The third-order valence-corrected chi connectivity index (χ3v) is 4.34. The van der Waals surface area contributed by atoms with Crippen molar-refractivity contribution in [3.05, 3.63) is 35.9 Å². The lowest BCUT2D eigenvalue weighted by Gasteiger charge is -2.27. The lowest BCUT2D eigenvalue weighted by Crippen LogP contribution is -2.51. The van der Waals surface area contributed by atoms with E-state index in [1.807, 2.05) is 30.3 Å². The molecule has 0 aliphatic carbocycles. The van der Waals surface area contributed by atoms with Crippen LogP contribution in [0.2, 0.25) is 0 Å². The summed E-state index contributed by atoms with van der Waals surface area (Å²) in [6, 6.07) is 8.39. The molecule has 2 rings (SSSR count). The van der Waals surface area contributed by atoms with Crippen molar-refractivity contribution in [2.45, 2.75) is 18.9 Å². The van der Waals surface area contributed by atoms with Crippen LogP contribution in [0.25, 0.3) is 0 Å². The topological polar surface area (TPSA) is 90.9 Å². The molecule has 7 nitrogen and oxygen atoms in total. The third-order valence-electron chi connectivity index (χ3n) is 4.34. The van der Waals surface area contributed by atoms with Crippen LogP contribution in [0.1, 0.15) is 18.4 Å². The van der Waals surface area contributed by atoms with E-state index in [0.717, 1.165) is 25.2 Å². The van der Waals surface area contributed by atoms with E-state index in [0.29, 0.717) is 19.8 Å². The maximum absolute atomic E-state index is 12.3. The Balaban J connectivity index is 1.77. The molecular weight excluding hydrogens is 322 g/mol. The molecule has 25 heavy (non-hydrogen) atoms. The van der Waals surface area contributed by atoms with Gasteiger partial charge >= 0.3 is 0 Å². The highest BCUT2D eigenvalue weighted by atomic mass is 16.5. The summed E-state index contributed by atoms with van der Waals surface area (Å²) in [6.45, 7) is 5.66. The number of rotatable bonds is 8. The molecule has 1 aromatic rings. The van der Waals surface area contributed by atoms with Gasteiger partial charge in [-0.25, -0.2) is 0 Å². The number of carbonyl (C=O) groups is 2. The fraction of sp³-hybridized carbons (Fsp3) is 0.556. The molecule has 1 fully saturated rings. The average molecular weight is 349 g/mol. The van der Waals surface area contributed by atoms with Gasteiger partial charge in [0, 0.05) is 26.2 Å². The molecule has 1 aromatic carbocycles. The van der Waals surface area contributed by atoms with E-state index < -0.39 is 18.6 Å². The van der Waals surface area contributed by atoms with Crippen LogP contribution in [0.3, 0.4) is 0 Å². The Morgan fingerprint density at radius 3 is 2.52 bits per heavy atom. The third kappa shape index (κ3) is 6.12. The monoisotopic (exact) mass is 349 g/mol. The lowest BCUT2D eigenvalue weighted by molar-refractivity contribution is -0.130. The smallest absolute Gasteiger partial charge is 0.245 e. The SMILES string of the molecule is CC(C(=O)N[C@@H](CO)C(=O)NCCN1CCOCC1)c1ccccc1. The highest BCUT2D eigenvalue weighted by molar-refractivity contribution is 5.90. The Labute approximate surface area is 148 Å². The van der Waals surface area contributed by atoms with Crippen molar-refractivity contribution < 1.29 is 19.4 Å². The van der Waals surface area contributed by atoms with Crippen LogP contribution in [0.15, 0.2) is 30.3 Å². The molecule has 2 atom stereocenters. The van der Waals surface area contributed by atoms with Gasteiger partial charge in [-0.05, 0) is 12.5 Å². The van der Waals surface area contributed by atoms with Gasteiger partial charge in [-0.3, -0.25) is 14.5 Å². The first-order valence-electron chi connectivity index (χ1n) is 8.66. The number of nitrogens with one attached hydrogen (secondary N) is 2. The van der Waals surface area contributed by atoms with Crippen LogP contribution in [-0.4, -0.2) is 73.9 Å². The number of aliphatic hydroxyl groups excluding tert-OH is 1. The molecule has 0 saturated carbocycles. The molecule has 1 aliphatic rings. The zero-order chi connectivity index (χ0) is 18.1. The Morgan fingerprint density at radius 2 is 1.88 bits per heavy atom. The van der Waals surface area contributed by atoms with Gasteiger partial charge in [0.2, 0.25) is 11.8 Å². The van der Waals surface area contributed by atoms with Gasteiger partial charge in [-0.15, -0.1) is 0 Å². The minimum Gasteiger partial charge on any atom is -0.394 e. The van der Waals surface area contributed by atoms with E-state index >= 15 is 0 Å². The van der Waals surface area contributed by atoms with Crippen molar-refractivity contribution in [1.29, 1.82) is 0 Å². The normalized spacial score (nSPS) is 17.5. The second-order valence-corrected chi connectivity index (χ2v) is 6.12. The van der Waals surface area contributed by atoms with Gasteiger partial charge in [0.25, 0.3) is 0 Å². The molecule has 0 aromatic heterocycles. The number of carbonyl (C=O) groups excluding carboxylic acids is 2. The number of amides is 2. The summed E-state index contributed by atoms with van der Waals surface area (Å²) in [4.78, 5) is 26.7. The quantitative estimate of drug-likeness (QED) is 0.600. The van der Waals surface area contributed by atoms with Gasteiger partial charge in [-0.2, -0.15) is 0 Å². The minimum absolute atomic E-state index is 0.284. The van der Waals surface area contributed by atoms with E-state index in [1.165, 1.54) is 0 Å². The average Bonchev–Trinajstić information content (AvgIpc) is 2.66. The molecule has 3 N–H and O–H groups in total. The van der Waals surface area contributed by atoms with Gasteiger partial charge in [0.15, 0.2) is 0 Å². The summed E-state index contributed by atoms with van der Waals surface area (Å²) in [5.41, 5.74) is 0.865. The van der Waals surface area contributed by atoms with E-state index in [2.05, 4.69) is 15.5 Å². The Morgan fingerprint density at radius 1 is 1.20 bits per heavy atom. The Kier molecular flexibility index (Phi) is 7.84. The zero-order valence-electron chi connectivity index (χ0n) is 14.6. The van der Waals surface area contributed by atoms with E-state index in [1.54, 1.807) is 6.92 Å². The van der Waals surface area contributed by atoms with Crippen molar-refractivity contribution in [2.75, 3.05) is 46.0 Å². The molecule has 1 heterocycles.